The summed E-state index contributed by atoms with van der Waals surface area (Å²) in [7, 11) is 0. The first-order valence-corrected chi connectivity index (χ1v) is 8.51. The standard InChI is InChI=1S/C17H24N4O2/c1-11-13(15(18)22)10-19-16(20-11)14-8-5-9-21(14)17(23)12-6-3-2-4-7-12/h10,12,14H,2-9H2,1H3,(H2,18,22)/t14-/m0/s1. The van der Waals surface area contributed by atoms with Crippen LogP contribution in [0.2, 0.25) is 0 Å². The number of nitrogens with two attached hydrogens (primary N) is 1. The summed E-state index contributed by atoms with van der Waals surface area (Å²) in [6.45, 7) is 2.54. The molecular formula is C17H24N4O2. The zero-order valence-corrected chi connectivity index (χ0v) is 13.6. The summed E-state index contributed by atoms with van der Waals surface area (Å²) in [6, 6.07) is -0.0648. The Balaban J connectivity index is 1.79. The molecule has 6 nitrogen and oxygen atoms in total. The van der Waals surface area contributed by atoms with Crippen LogP contribution in [0.25, 0.3) is 0 Å². The summed E-state index contributed by atoms with van der Waals surface area (Å²) in [4.78, 5) is 34.9. The lowest BCUT2D eigenvalue weighted by Gasteiger charge is -2.30. The normalized spacial score (nSPS) is 22.3. The molecule has 0 unspecified atom stereocenters. The molecule has 0 radical (unpaired) electrons. The van der Waals surface area contributed by atoms with Gasteiger partial charge in [0.05, 0.1) is 17.3 Å². The topological polar surface area (TPSA) is 89.2 Å². The lowest BCUT2D eigenvalue weighted by molar-refractivity contribution is -0.137. The minimum atomic E-state index is -0.518. The zero-order valence-electron chi connectivity index (χ0n) is 13.6. The average Bonchev–Trinajstić information content (AvgIpc) is 3.04. The SMILES string of the molecule is Cc1nc([C@@H]2CCCN2C(=O)C2CCCCC2)ncc1C(N)=O. The van der Waals surface area contributed by atoms with E-state index >= 15 is 0 Å². The highest BCUT2D eigenvalue weighted by Crippen LogP contribution is 2.34. The molecule has 1 saturated heterocycles. The lowest BCUT2D eigenvalue weighted by Crippen LogP contribution is -2.37. The van der Waals surface area contributed by atoms with Gasteiger partial charge in [-0.15, -0.1) is 0 Å². The number of hydrogen-bond donors (Lipinski definition) is 1. The van der Waals surface area contributed by atoms with E-state index in [2.05, 4.69) is 9.97 Å². The fraction of sp³-hybridized carbons (Fsp3) is 0.647. The Labute approximate surface area is 136 Å². The number of nitrogens with zero attached hydrogens (tertiary/aromatic N) is 3. The Morgan fingerprint density at radius 3 is 2.57 bits per heavy atom. The highest BCUT2D eigenvalue weighted by Gasteiger charge is 2.35. The van der Waals surface area contributed by atoms with E-state index in [-0.39, 0.29) is 17.9 Å². The van der Waals surface area contributed by atoms with Gasteiger partial charge in [-0.25, -0.2) is 9.97 Å². The van der Waals surface area contributed by atoms with Crippen LogP contribution in [0.15, 0.2) is 6.20 Å². The molecule has 2 heterocycles. The number of amides is 2. The Hall–Kier alpha value is -1.98. The maximum Gasteiger partial charge on any atom is 0.252 e. The van der Waals surface area contributed by atoms with E-state index in [1.165, 1.54) is 12.6 Å². The fourth-order valence-electron chi connectivity index (χ4n) is 3.77. The predicted molar refractivity (Wildman–Crippen MR) is 85.5 cm³/mol. The molecule has 2 amide bonds. The van der Waals surface area contributed by atoms with Crippen molar-refractivity contribution >= 4 is 11.8 Å². The molecule has 3 rings (SSSR count). The van der Waals surface area contributed by atoms with E-state index in [1.54, 1.807) is 6.92 Å². The molecule has 1 aliphatic heterocycles. The molecule has 0 spiro atoms. The number of likely N-dealkylation sites (tertiary alicyclic amines) is 1. The third kappa shape index (κ3) is 3.21. The van der Waals surface area contributed by atoms with Crippen molar-refractivity contribution < 1.29 is 9.59 Å². The first-order chi connectivity index (χ1) is 11.1. The van der Waals surface area contributed by atoms with Gasteiger partial charge in [0, 0.05) is 18.7 Å². The van der Waals surface area contributed by atoms with Crippen LogP contribution in [0, 0.1) is 12.8 Å². The number of hydrogen-bond acceptors (Lipinski definition) is 4. The van der Waals surface area contributed by atoms with E-state index in [1.807, 2.05) is 4.90 Å². The molecule has 1 aliphatic carbocycles. The first-order valence-electron chi connectivity index (χ1n) is 8.51. The van der Waals surface area contributed by atoms with Crippen LogP contribution < -0.4 is 5.73 Å². The summed E-state index contributed by atoms with van der Waals surface area (Å²) in [6.07, 6.45) is 8.89. The van der Waals surface area contributed by atoms with Gasteiger partial charge < -0.3 is 10.6 Å². The molecule has 0 aromatic carbocycles. The van der Waals surface area contributed by atoms with E-state index < -0.39 is 5.91 Å². The Morgan fingerprint density at radius 1 is 1.17 bits per heavy atom. The number of carbonyl (C=O) groups is 2. The van der Waals surface area contributed by atoms with Crippen LogP contribution in [-0.2, 0) is 4.79 Å². The van der Waals surface area contributed by atoms with E-state index in [0.29, 0.717) is 17.1 Å². The highest BCUT2D eigenvalue weighted by atomic mass is 16.2. The second kappa shape index (κ2) is 6.64. The van der Waals surface area contributed by atoms with Crippen molar-refractivity contribution in [3.05, 3.63) is 23.3 Å². The number of carbonyl (C=O) groups excluding carboxylic acids is 2. The summed E-state index contributed by atoms with van der Waals surface area (Å²) in [5.41, 5.74) is 6.23. The van der Waals surface area contributed by atoms with E-state index in [4.69, 9.17) is 5.73 Å². The van der Waals surface area contributed by atoms with Gasteiger partial charge in [-0.3, -0.25) is 9.59 Å². The van der Waals surface area contributed by atoms with Gasteiger partial charge in [-0.05, 0) is 32.6 Å². The van der Waals surface area contributed by atoms with Crippen molar-refractivity contribution in [2.24, 2.45) is 11.7 Å². The van der Waals surface area contributed by atoms with Crippen LogP contribution >= 0.6 is 0 Å². The van der Waals surface area contributed by atoms with Gasteiger partial charge in [-0.1, -0.05) is 19.3 Å². The minimum absolute atomic E-state index is 0.0648. The molecule has 1 aromatic rings. The molecule has 1 atom stereocenters. The summed E-state index contributed by atoms with van der Waals surface area (Å²) >= 11 is 0. The first kappa shape index (κ1) is 15.9. The summed E-state index contributed by atoms with van der Waals surface area (Å²) in [5, 5.41) is 0. The molecule has 0 bridgehead atoms. The van der Waals surface area contributed by atoms with Gasteiger partial charge >= 0.3 is 0 Å². The predicted octanol–water partition coefficient (Wildman–Crippen LogP) is 2.13. The van der Waals surface area contributed by atoms with Crippen molar-refractivity contribution in [1.82, 2.24) is 14.9 Å². The van der Waals surface area contributed by atoms with Crippen LogP contribution in [-0.4, -0.2) is 33.2 Å². The van der Waals surface area contributed by atoms with Crippen molar-refractivity contribution in [2.75, 3.05) is 6.54 Å². The quantitative estimate of drug-likeness (QED) is 0.925. The fourth-order valence-corrected chi connectivity index (χ4v) is 3.77. The van der Waals surface area contributed by atoms with Crippen molar-refractivity contribution in [3.63, 3.8) is 0 Å². The van der Waals surface area contributed by atoms with Crippen molar-refractivity contribution in [2.45, 2.75) is 57.9 Å². The van der Waals surface area contributed by atoms with Gasteiger partial charge in [-0.2, -0.15) is 0 Å². The zero-order chi connectivity index (χ0) is 16.4. The third-order valence-corrected chi connectivity index (χ3v) is 5.05. The summed E-state index contributed by atoms with van der Waals surface area (Å²) < 4.78 is 0. The molecule has 6 heteroatoms. The highest BCUT2D eigenvalue weighted by molar-refractivity contribution is 5.93. The maximum atomic E-state index is 12.8. The monoisotopic (exact) mass is 316 g/mol. The number of rotatable bonds is 3. The van der Waals surface area contributed by atoms with Crippen LogP contribution in [0.3, 0.4) is 0 Å². The molecule has 23 heavy (non-hydrogen) atoms. The average molecular weight is 316 g/mol. The van der Waals surface area contributed by atoms with Gasteiger partial charge in [0.15, 0.2) is 5.82 Å². The molecule has 124 valence electrons. The lowest BCUT2D eigenvalue weighted by atomic mass is 9.88. The van der Waals surface area contributed by atoms with Gasteiger partial charge in [0.2, 0.25) is 5.91 Å². The number of aromatic nitrogens is 2. The Bertz CT molecular complexity index is 611. The summed E-state index contributed by atoms with van der Waals surface area (Å²) in [5.74, 6) is 0.535. The molecule has 1 aromatic heterocycles. The Morgan fingerprint density at radius 2 is 1.91 bits per heavy atom. The molecule has 2 aliphatic rings. The molecular weight excluding hydrogens is 292 g/mol. The second-order valence-corrected chi connectivity index (χ2v) is 6.62. The second-order valence-electron chi connectivity index (χ2n) is 6.62. The van der Waals surface area contributed by atoms with E-state index in [9.17, 15) is 9.59 Å². The van der Waals surface area contributed by atoms with Crippen LogP contribution in [0.5, 0.6) is 0 Å². The van der Waals surface area contributed by atoms with Crippen LogP contribution in [0.4, 0.5) is 0 Å². The van der Waals surface area contributed by atoms with Crippen molar-refractivity contribution in [1.29, 1.82) is 0 Å². The third-order valence-electron chi connectivity index (χ3n) is 5.05. The minimum Gasteiger partial charge on any atom is -0.365 e. The number of aryl methyl sites for hydroxylation is 1. The van der Waals surface area contributed by atoms with Gasteiger partial charge in [0.25, 0.3) is 5.91 Å². The van der Waals surface area contributed by atoms with Crippen LogP contribution in [0.1, 0.15) is 72.9 Å². The molecule has 2 N–H and O–H groups in total. The molecule has 1 saturated carbocycles. The van der Waals surface area contributed by atoms with E-state index in [0.717, 1.165) is 45.1 Å². The van der Waals surface area contributed by atoms with Gasteiger partial charge in [0.1, 0.15) is 0 Å². The van der Waals surface area contributed by atoms with Crippen molar-refractivity contribution in [3.8, 4) is 0 Å². The largest absolute Gasteiger partial charge is 0.365 e. The maximum absolute atomic E-state index is 12.8. The molecule has 2 fully saturated rings. The number of primary amides is 1. The Kier molecular flexibility index (Phi) is 4.59. The smallest absolute Gasteiger partial charge is 0.252 e.